The van der Waals surface area contributed by atoms with Crippen molar-refractivity contribution in [1.82, 2.24) is 0 Å². The van der Waals surface area contributed by atoms with Crippen LogP contribution < -0.4 is 5.73 Å². The molecule has 0 fully saturated rings. The fraction of sp³-hybridized carbons (Fsp3) is 1.00. The van der Waals surface area contributed by atoms with Crippen LogP contribution in [0.15, 0.2) is 0 Å². The first kappa shape index (κ1) is 14.8. The van der Waals surface area contributed by atoms with Gasteiger partial charge >= 0.3 is 0 Å². The van der Waals surface area contributed by atoms with E-state index in [2.05, 4.69) is 0 Å². The number of hydrogen-bond acceptors (Lipinski definition) is 5. The summed E-state index contributed by atoms with van der Waals surface area (Å²) in [5.74, 6) is 0. The summed E-state index contributed by atoms with van der Waals surface area (Å²) >= 11 is 0. The summed E-state index contributed by atoms with van der Waals surface area (Å²) in [6.45, 7) is 3.57. The smallest absolute Gasteiger partial charge is 0.0931 e. The molecule has 92 valence electrons. The number of methoxy groups -OCH3 is 2. The fourth-order valence-electron chi connectivity index (χ4n) is 1.05. The van der Waals surface area contributed by atoms with Crippen molar-refractivity contribution < 1.29 is 18.9 Å². The maximum absolute atomic E-state index is 5.48. The van der Waals surface area contributed by atoms with Crippen LogP contribution in [0, 0.1) is 0 Å². The Morgan fingerprint density at radius 1 is 1.00 bits per heavy atom. The van der Waals surface area contributed by atoms with Crippen molar-refractivity contribution in [3.05, 3.63) is 0 Å². The molecule has 5 nitrogen and oxygen atoms in total. The van der Waals surface area contributed by atoms with Crippen LogP contribution in [0.4, 0.5) is 0 Å². The summed E-state index contributed by atoms with van der Waals surface area (Å²) in [4.78, 5) is 0. The van der Waals surface area contributed by atoms with Gasteiger partial charge in [0.1, 0.15) is 0 Å². The van der Waals surface area contributed by atoms with E-state index in [4.69, 9.17) is 24.7 Å². The molecule has 0 aromatic rings. The first-order valence-electron chi connectivity index (χ1n) is 5.22. The number of hydrogen-bond donors (Lipinski definition) is 1. The monoisotopic (exact) mass is 221 g/mol. The zero-order chi connectivity index (χ0) is 11.4. The van der Waals surface area contributed by atoms with Crippen molar-refractivity contribution in [2.75, 3.05) is 53.8 Å². The summed E-state index contributed by atoms with van der Waals surface area (Å²) in [6.07, 6.45) is 0.882. The topological polar surface area (TPSA) is 62.9 Å². The van der Waals surface area contributed by atoms with Gasteiger partial charge in [-0.25, -0.2) is 0 Å². The van der Waals surface area contributed by atoms with Gasteiger partial charge in [-0.15, -0.1) is 0 Å². The third-order valence-corrected chi connectivity index (χ3v) is 1.83. The number of rotatable bonds is 11. The summed E-state index contributed by atoms with van der Waals surface area (Å²) in [5.41, 5.74) is 5.48. The molecule has 0 aliphatic rings. The van der Waals surface area contributed by atoms with E-state index in [1.807, 2.05) is 0 Å². The van der Waals surface area contributed by atoms with Crippen LogP contribution in [0.1, 0.15) is 6.42 Å². The van der Waals surface area contributed by atoms with Gasteiger partial charge < -0.3 is 24.7 Å². The van der Waals surface area contributed by atoms with Crippen molar-refractivity contribution in [3.8, 4) is 0 Å². The van der Waals surface area contributed by atoms with Gasteiger partial charge in [0.05, 0.1) is 25.9 Å². The molecular formula is C10H23NO4. The molecule has 0 radical (unpaired) electrons. The molecule has 1 atom stereocenters. The van der Waals surface area contributed by atoms with Crippen molar-refractivity contribution >= 4 is 0 Å². The number of nitrogens with two attached hydrogens (primary N) is 1. The Balaban J connectivity index is 3.14. The Labute approximate surface area is 91.8 Å². The molecule has 1 unspecified atom stereocenters. The van der Waals surface area contributed by atoms with Crippen LogP contribution in [0.5, 0.6) is 0 Å². The van der Waals surface area contributed by atoms with Crippen LogP contribution >= 0.6 is 0 Å². The van der Waals surface area contributed by atoms with Gasteiger partial charge in [-0.2, -0.15) is 0 Å². The predicted octanol–water partition coefficient (Wildman–Crippen LogP) is 0.0298. The molecule has 0 aliphatic carbocycles. The fourth-order valence-corrected chi connectivity index (χ4v) is 1.05. The lowest BCUT2D eigenvalue weighted by atomic mass is 10.4. The molecule has 0 amide bonds. The molecule has 0 bridgehead atoms. The standard InChI is InChI=1S/C10H23NO4/c1-12-4-3-5-14-6-7-15-10(8-11)9-13-2/h10H,3-9,11H2,1-2H3. The van der Waals surface area contributed by atoms with Gasteiger partial charge in [0, 0.05) is 34.0 Å². The van der Waals surface area contributed by atoms with Gasteiger partial charge in [-0.1, -0.05) is 0 Å². The zero-order valence-corrected chi connectivity index (χ0v) is 9.74. The van der Waals surface area contributed by atoms with Gasteiger partial charge in [-0.05, 0) is 6.42 Å². The summed E-state index contributed by atoms with van der Waals surface area (Å²) in [5, 5.41) is 0. The molecule has 0 heterocycles. The van der Waals surface area contributed by atoms with E-state index in [0.29, 0.717) is 33.0 Å². The molecule has 5 heteroatoms. The maximum atomic E-state index is 5.48. The first-order valence-corrected chi connectivity index (χ1v) is 5.22. The minimum Gasteiger partial charge on any atom is -0.385 e. The largest absolute Gasteiger partial charge is 0.385 e. The highest BCUT2D eigenvalue weighted by Gasteiger charge is 2.05. The van der Waals surface area contributed by atoms with Gasteiger partial charge in [-0.3, -0.25) is 0 Å². The highest BCUT2D eigenvalue weighted by atomic mass is 16.5. The van der Waals surface area contributed by atoms with E-state index in [1.54, 1.807) is 14.2 Å². The van der Waals surface area contributed by atoms with Gasteiger partial charge in [0.25, 0.3) is 0 Å². The Morgan fingerprint density at radius 2 is 1.80 bits per heavy atom. The summed E-state index contributed by atoms with van der Waals surface area (Å²) in [6, 6.07) is 0. The van der Waals surface area contributed by atoms with Crippen LogP contribution in [-0.2, 0) is 18.9 Å². The summed E-state index contributed by atoms with van der Waals surface area (Å²) in [7, 11) is 3.31. The van der Waals surface area contributed by atoms with Crippen molar-refractivity contribution in [2.24, 2.45) is 5.73 Å². The Morgan fingerprint density at radius 3 is 2.40 bits per heavy atom. The van der Waals surface area contributed by atoms with Crippen LogP contribution in [-0.4, -0.2) is 59.9 Å². The predicted molar refractivity (Wildman–Crippen MR) is 58.0 cm³/mol. The average molecular weight is 221 g/mol. The highest BCUT2D eigenvalue weighted by Crippen LogP contribution is 1.91. The van der Waals surface area contributed by atoms with E-state index < -0.39 is 0 Å². The second-order valence-corrected chi connectivity index (χ2v) is 3.14. The highest BCUT2D eigenvalue weighted by molar-refractivity contribution is 4.55. The molecule has 2 N–H and O–H groups in total. The second kappa shape index (κ2) is 11.9. The minimum absolute atomic E-state index is 0.0300. The SMILES string of the molecule is COCCCOCCOC(CN)COC. The molecule has 15 heavy (non-hydrogen) atoms. The molecule has 0 aliphatic heterocycles. The van der Waals surface area contributed by atoms with Crippen molar-refractivity contribution in [1.29, 1.82) is 0 Å². The maximum Gasteiger partial charge on any atom is 0.0931 e. The van der Waals surface area contributed by atoms with Gasteiger partial charge in [0.15, 0.2) is 0 Å². The molecule has 0 aromatic carbocycles. The molecule has 0 rings (SSSR count). The van der Waals surface area contributed by atoms with E-state index in [0.717, 1.165) is 13.0 Å². The van der Waals surface area contributed by atoms with E-state index in [1.165, 1.54) is 0 Å². The Kier molecular flexibility index (Phi) is 11.7. The van der Waals surface area contributed by atoms with Gasteiger partial charge in [0.2, 0.25) is 0 Å². The van der Waals surface area contributed by atoms with E-state index in [9.17, 15) is 0 Å². The lowest BCUT2D eigenvalue weighted by molar-refractivity contribution is -0.0255. The minimum atomic E-state index is -0.0300. The lowest BCUT2D eigenvalue weighted by Crippen LogP contribution is -2.29. The molecular weight excluding hydrogens is 198 g/mol. The Bertz CT molecular complexity index is 124. The average Bonchev–Trinajstić information content (AvgIpc) is 2.26. The van der Waals surface area contributed by atoms with Crippen LogP contribution in [0.3, 0.4) is 0 Å². The normalized spacial score (nSPS) is 13.0. The quantitative estimate of drug-likeness (QED) is 0.499. The molecule has 0 saturated heterocycles. The Hall–Kier alpha value is -0.200. The number of ether oxygens (including phenoxy) is 4. The summed E-state index contributed by atoms with van der Waals surface area (Å²) < 4.78 is 20.6. The first-order chi connectivity index (χ1) is 7.35. The molecule has 0 aromatic heterocycles. The van der Waals surface area contributed by atoms with E-state index in [-0.39, 0.29) is 6.10 Å². The third kappa shape index (κ3) is 10.1. The van der Waals surface area contributed by atoms with Crippen molar-refractivity contribution in [3.63, 3.8) is 0 Å². The van der Waals surface area contributed by atoms with E-state index >= 15 is 0 Å². The lowest BCUT2D eigenvalue weighted by Gasteiger charge is -2.14. The third-order valence-electron chi connectivity index (χ3n) is 1.83. The van der Waals surface area contributed by atoms with Crippen LogP contribution in [0.2, 0.25) is 0 Å². The van der Waals surface area contributed by atoms with Crippen molar-refractivity contribution in [2.45, 2.75) is 12.5 Å². The zero-order valence-electron chi connectivity index (χ0n) is 9.74. The molecule has 0 spiro atoms. The molecule has 0 saturated carbocycles. The van der Waals surface area contributed by atoms with Crippen LogP contribution in [0.25, 0.3) is 0 Å². The second-order valence-electron chi connectivity index (χ2n) is 3.14.